The SMILES string of the molecule is CCOc1cc(CCl)cc(C(C)(C)C)n1. The quantitative estimate of drug-likeness (QED) is 0.738. The van der Waals surface area contributed by atoms with Crippen LogP contribution in [0.4, 0.5) is 0 Å². The summed E-state index contributed by atoms with van der Waals surface area (Å²) in [6.45, 7) is 8.96. The highest BCUT2D eigenvalue weighted by Gasteiger charge is 2.17. The summed E-state index contributed by atoms with van der Waals surface area (Å²) in [7, 11) is 0. The lowest BCUT2D eigenvalue weighted by Crippen LogP contribution is -2.14. The Hall–Kier alpha value is -0.760. The second kappa shape index (κ2) is 4.84. The van der Waals surface area contributed by atoms with Gasteiger partial charge in [0.1, 0.15) is 0 Å². The fourth-order valence-electron chi connectivity index (χ4n) is 1.24. The van der Waals surface area contributed by atoms with E-state index in [1.807, 2.05) is 19.1 Å². The van der Waals surface area contributed by atoms with Gasteiger partial charge in [-0.25, -0.2) is 4.98 Å². The monoisotopic (exact) mass is 227 g/mol. The third-order valence-electron chi connectivity index (χ3n) is 2.08. The minimum atomic E-state index is 0.0217. The van der Waals surface area contributed by atoms with Crippen molar-refractivity contribution in [1.82, 2.24) is 4.98 Å². The smallest absolute Gasteiger partial charge is 0.213 e. The van der Waals surface area contributed by atoms with Crippen molar-refractivity contribution in [2.75, 3.05) is 6.61 Å². The molecule has 0 aliphatic heterocycles. The van der Waals surface area contributed by atoms with Crippen LogP contribution in [0.25, 0.3) is 0 Å². The van der Waals surface area contributed by atoms with E-state index in [2.05, 4.69) is 25.8 Å². The van der Waals surface area contributed by atoms with Gasteiger partial charge in [-0.1, -0.05) is 20.8 Å². The highest BCUT2D eigenvalue weighted by atomic mass is 35.5. The van der Waals surface area contributed by atoms with Gasteiger partial charge in [0.2, 0.25) is 5.88 Å². The molecule has 3 heteroatoms. The third-order valence-corrected chi connectivity index (χ3v) is 2.39. The molecule has 0 aromatic carbocycles. The predicted octanol–water partition coefficient (Wildman–Crippen LogP) is 3.52. The average molecular weight is 228 g/mol. The summed E-state index contributed by atoms with van der Waals surface area (Å²) in [6, 6.07) is 3.93. The standard InChI is InChI=1S/C12H18ClNO/c1-5-15-11-7-9(8-13)6-10(14-11)12(2,3)4/h6-7H,5,8H2,1-4H3. The number of alkyl halides is 1. The summed E-state index contributed by atoms with van der Waals surface area (Å²) in [6.07, 6.45) is 0. The first-order valence-corrected chi connectivity index (χ1v) is 5.71. The Balaban J connectivity index is 3.11. The van der Waals surface area contributed by atoms with Crippen LogP contribution in [-0.4, -0.2) is 11.6 Å². The largest absolute Gasteiger partial charge is 0.478 e. The molecule has 0 amide bonds. The van der Waals surface area contributed by atoms with Crippen LogP contribution in [0.5, 0.6) is 5.88 Å². The van der Waals surface area contributed by atoms with E-state index in [1.54, 1.807) is 0 Å². The van der Waals surface area contributed by atoms with Gasteiger partial charge in [0.15, 0.2) is 0 Å². The molecule has 0 spiro atoms. The molecule has 0 aliphatic rings. The predicted molar refractivity (Wildman–Crippen MR) is 63.7 cm³/mol. The Labute approximate surface area is 96.6 Å². The van der Waals surface area contributed by atoms with Gasteiger partial charge in [0, 0.05) is 17.4 Å². The molecule has 2 nitrogen and oxygen atoms in total. The molecule has 15 heavy (non-hydrogen) atoms. The Bertz CT molecular complexity index is 331. The van der Waals surface area contributed by atoms with Crippen LogP contribution < -0.4 is 4.74 Å². The van der Waals surface area contributed by atoms with Gasteiger partial charge in [0.05, 0.1) is 12.3 Å². The zero-order valence-electron chi connectivity index (χ0n) is 9.80. The van der Waals surface area contributed by atoms with Gasteiger partial charge in [0.25, 0.3) is 0 Å². The number of ether oxygens (including phenoxy) is 1. The van der Waals surface area contributed by atoms with Crippen molar-refractivity contribution < 1.29 is 4.74 Å². The van der Waals surface area contributed by atoms with Crippen LogP contribution in [0.3, 0.4) is 0 Å². The molecule has 0 saturated carbocycles. The molecule has 0 aliphatic carbocycles. The van der Waals surface area contributed by atoms with E-state index in [0.29, 0.717) is 18.4 Å². The van der Waals surface area contributed by atoms with Crippen molar-refractivity contribution in [3.8, 4) is 5.88 Å². The van der Waals surface area contributed by atoms with E-state index in [4.69, 9.17) is 16.3 Å². The fourth-order valence-corrected chi connectivity index (χ4v) is 1.40. The first-order chi connectivity index (χ1) is 6.97. The van der Waals surface area contributed by atoms with E-state index in [0.717, 1.165) is 11.3 Å². The van der Waals surface area contributed by atoms with E-state index in [9.17, 15) is 0 Å². The molecule has 0 saturated heterocycles. The normalized spacial score (nSPS) is 11.5. The van der Waals surface area contributed by atoms with Crippen molar-refractivity contribution in [2.24, 2.45) is 0 Å². The minimum absolute atomic E-state index is 0.0217. The second-order valence-corrected chi connectivity index (χ2v) is 4.78. The molecule has 0 radical (unpaired) electrons. The lowest BCUT2D eigenvalue weighted by molar-refractivity contribution is 0.323. The molecule has 0 N–H and O–H groups in total. The first-order valence-electron chi connectivity index (χ1n) is 5.17. The van der Waals surface area contributed by atoms with Crippen LogP contribution in [0, 0.1) is 0 Å². The van der Waals surface area contributed by atoms with E-state index >= 15 is 0 Å². The van der Waals surface area contributed by atoms with Crippen LogP contribution in [0.15, 0.2) is 12.1 Å². The molecule has 0 atom stereocenters. The topological polar surface area (TPSA) is 22.1 Å². The molecule has 0 unspecified atom stereocenters. The summed E-state index contributed by atoms with van der Waals surface area (Å²) in [4.78, 5) is 4.46. The van der Waals surface area contributed by atoms with Crippen LogP contribution in [0.1, 0.15) is 39.0 Å². The summed E-state index contributed by atoms with van der Waals surface area (Å²) >= 11 is 5.84. The number of pyridine rings is 1. The fraction of sp³-hybridized carbons (Fsp3) is 0.583. The molecular formula is C12H18ClNO. The van der Waals surface area contributed by atoms with Gasteiger partial charge in [-0.05, 0) is 18.6 Å². The Morgan fingerprint density at radius 1 is 1.33 bits per heavy atom. The first kappa shape index (κ1) is 12.3. The van der Waals surface area contributed by atoms with Crippen molar-refractivity contribution in [3.63, 3.8) is 0 Å². The molecule has 1 rings (SSSR count). The number of rotatable bonds is 3. The molecular weight excluding hydrogens is 210 g/mol. The Morgan fingerprint density at radius 3 is 2.47 bits per heavy atom. The maximum absolute atomic E-state index is 5.84. The third kappa shape index (κ3) is 3.38. The average Bonchev–Trinajstić information content (AvgIpc) is 2.16. The summed E-state index contributed by atoms with van der Waals surface area (Å²) in [5, 5.41) is 0. The molecule has 1 aromatic rings. The molecule has 84 valence electrons. The van der Waals surface area contributed by atoms with Crippen molar-refractivity contribution in [1.29, 1.82) is 0 Å². The number of hydrogen-bond donors (Lipinski definition) is 0. The zero-order valence-corrected chi connectivity index (χ0v) is 10.6. The highest BCUT2D eigenvalue weighted by molar-refractivity contribution is 6.17. The molecule has 1 aromatic heterocycles. The number of hydrogen-bond acceptors (Lipinski definition) is 2. The number of halogens is 1. The van der Waals surface area contributed by atoms with Crippen molar-refractivity contribution in [2.45, 2.75) is 39.0 Å². The van der Waals surface area contributed by atoms with Crippen LogP contribution >= 0.6 is 11.6 Å². The van der Waals surface area contributed by atoms with Crippen LogP contribution in [0.2, 0.25) is 0 Å². The van der Waals surface area contributed by atoms with Gasteiger partial charge < -0.3 is 4.74 Å². The van der Waals surface area contributed by atoms with Gasteiger partial charge in [-0.2, -0.15) is 0 Å². The molecule has 0 bridgehead atoms. The van der Waals surface area contributed by atoms with Crippen molar-refractivity contribution >= 4 is 11.6 Å². The Morgan fingerprint density at radius 2 is 2.00 bits per heavy atom. The number of aromatic nitrogens is 1. The lowest BCUT2D eigenvalue weighted by atomic mass is 9.91. The highest BCUT2D eigenvalue weighted by Crippen LogP contribution is 2.24. The minimum Gasteiger partial charge on any atom is -0.478 e. The Kier molecular flexibility index (Phi) is 3.97. The van der Waals surface area contributed by atoms with E-state index < -0.39 is 0 Å². The van der Waals surface area contributed by atoms with Crippen molar-refractivity contribution in [3.05, 3.63) is 23.4 Å². The van der Waals surface area contributed by atoms with E-state index in [-0.39, 0.29) is 5.41 Å². The molecule has 0 fully saturated rings. The lowest BCUT2D eigenvalue weighted by Gasteiger charge is -2.19. The number of nitrogens with zero attached hydrogens (tertiary/aromatic N) is 1. The van der Waals surface area contributed by atoms with Crippen LogP contribution in [-0.2, 0) is 11.3 Å². The summed E-state index contributed by atoms with van der Waals surface area (Å²) < 4.78 is 5.41. The second-order valence-electron chi connectivity index (χ2n) is 4.52. The van der Waals surface area contributed by atoms with E-state index in [1.165, 1.54) is 0 Å². The summed E-state index contributed by atoms with van der Waals surface area (Å²) in [5.74, 6) is 1.16. The van der Waals surface area contributed by atoms with Gasteiger partial charge in [-0.3, -0.25) is 0 Å². The van der Waals surface area contributed by atoms with Gasteiger partial charge in [-0.15, -0.1) is 11.6 Å². The zero-order chi connectivity index (χ0) is 11.5. The molecule has 1 heterocycles. The van der Waals surface area contributed by atoms with Gasteiger partial charge >= 0.3 is 0 Å². The summed E-state index contributed by atoms with van der Waals surface area (Å²) in [5.41, 5.74) is 2.10. The maximum atomic E-state index is 5.84. The maximum Gasteiger partial charge on any atom is 0.213 e.